The van der Waals surface area contributed by atoms with E-state index in [4.69, 9.17) is 0 Å². The zero-order valence-electron chi connectivity index (χ0n) is 11.5. The number of anilines is 1. The maximum absolute atomic E-state index is 12.4. The van der Waals surface area contributed by atoms with Crippen molar-refractivity contribution in [1.29, 1.82) is 0 Å². The molecule has 1 heterocycles. The lowest BCUT2D eigenvalue weighted by Gasteiger charge is -2.08. The first kappa shape index (κ1) is 14.6. The maximum atomic E-state index is 12.4. The number of carbonyl (C=O) groups is 1. The molecule has 0 amide bonds. The highest BCUT2D eigenvalue weighted by atomic mass is 32.2. The summed E-state index contributed by atoms with van der Waals surface area (Å²) in [5.41, 5.74) is 2.12. The summed E-state index contributed by atoms with van der Waals surface area (Å²) in [6.07, 6.45) is 0. The number of sulfonamides is 1. The van der Waals surface area contributed by atoms with Crippen molar-refractivity contribution in [3.05, 3.63) is 48.0 Å². The van der Waals surface area contributed by atoms with Gasteiger partial charge in [0.15, 0.2) is 5.78 Å². The molecular formula is C14H11N3O3S2. The van der Waals surface area contributed by atoms with Gasteiger partial charge in [-0.15, -0.1) is 0 Å². The first-order valence-electron chi connectivity index (χ1n) is 6.32. The lowest BCUT2D eigenvalue weighted by atomic mass is 10.1. The van der Waals surface area contributed by atoms with Crippen LogP contribution in [0.4, 0.5) is 5.69 Å². The SMILES string of the molecule is CC(=O)c1ccc(NS(=O)(=O)c2ccc3nsnc3c2)cc1. The Morgan fingerprint density at radius 2 is 1.73 bits per heavy atom. The van der Waals surface area contributed by atoms with E-state index in [2.05, 4.69) is 13.5 Å². The average Bonchev–Trinajstić information content (AvgIpc) is 2.94. The zero-order valence-corrected chi connectivity index (χ0v) is 13.1. The van der Waals surface area contributed by atoms with Crippen molar-refractivity contribution in [2.24, 2.45) is 0 Å². The summed E-state index contributed by atoms with van der Waals surface area (Å²) in [5.74, 6) is -0.0732. The molecule has 2 aromatic carbocycles. The second kappa shape index (κ2) is 5.47. The second-order valence-electron chi connectivity index (χ2n) is 4.65. The monoisotopic (exact) mass is 333 g/mol. The average molecular weight is 333 g/mol. The summed E-state index contributed by atoms with van der Waals surface area (Å²) >= 11 is 1.03. The van der Waals surface area contributed by atoms with Crippen molar-refractivity contribution in [1.82, 2.24) is 8.75 Å². The second-order valence-corrected chi connectivity index (χ2v) is 6.86. The highest BCUT2D eigenvalue weighted by Gasteiger charge is 2.15. The number of fused-ring (bicyclic) bond motifs is 1. The summed E-state index contributed by atoms with van der Waals surface area (Å²) in [7, 11) is -3.71. The van der Waals surface area contributed by atoms with Crippen LogP contribution in [0.2, 0.25) is 0 Å². The maximum Gasteiger partial charge on any atom is 0.261 e. The van der Waals surface area contributed by atoms with Crippen molar-refractivity contribution in [2.75, 3.05) is 4.72 Å². The number of hydrogen-bond acceptors (Lipinski definition) is 6. The van der Waals surface area contributed by atoms with Crippen LogP contribution in [-0.2, 0) is 10.0 Å². The van der Waals surface area contributed by atoms with Gasteiger partial charge in [0.05, 0.1) is 16.6 Å². The number of aromatic nitrogens is 2. The van der Waals surface area contributed by atoms with Gasteiger partial charge in [-0.25, -0.2) is 8.42 Å². The van der Waals surface area contributed by atoms with E-state index in [0.29, 0.717) is 22.3 Å². The number of carbonyl (C=O) groups excluding carboxylic acids is 1. The van der Waals surface area contributed by atoms with Gasteiger partial charge in [-0.1, -0.05) is 0 Å². The standard InChI is InChI=1S/C14H11N3O3S2/c1-9(18)10-2-4-11(5-3-10)17-22(19,20)12-6-7-13-14(8-12)16-21-15-13/h2-8,17H,1H3. The molecule has 0 atom stereocenters. The van der Waals surface area contributed by atoms with Gasteiger partial charge in [-0.05, 0) is 49.4 Å². The summed E-state index contributed by atoms with van der Waals surface area (Å²) in [6, 6.07) is 10.8. The van der Waals surface area contributed by atoms with E-state index in [1.54, 1.807) is 30.3 Å². The minimum atomic E-state index is -3.71. The molecule has 0 saturated carbocycles. The van der Waals surface area contributed by atoms with E-state index in [0.717, 1.165) is 11.7 Å². The van der Waals surface area contributed by atoms with Crippen molar-refractivity contribution in [3.63, 3.8) is 0 Å². The molecule has 3 aromatic rings. The van der Waals surface area contributed by atoms with Crippen LogP contribution in [-0.4, -0.2) is 22.9 Å². The van der Waals surface area contributed by atoms with Gasteiger partial charge in [0.1, 0.15) is 11.0 Å². The predicted molar refractivity (Wildman–Crippen MR) is 84.7 cm³/mol. The number of benzene rings is 2. The van der Waals surface area contributed by atoms with Crippen molar-refractivity contribution in [3.8, 4) is 0 Å². The van der Waals surface area contributed by atoms with Crippen LogP contribution in [0.1, 0.15) is 17.3 Å². The molecule has 6 nitrogen and oxygen atoms in total. The van der Waals surface area contributed by atoms with Crippen molar-refractivity contribution >= 4 is 44.3 Å². The molecule has 0 radical (unpaired) electrons. The summed E-state index contributed by atoms with van der Waals surface area (Å²) in [5, 5.41) is 0. The zero-order chi connectivity index (χ0) is 15.7. The van der Waals surface area contributed by atoms with Crippen molar-refractivity contribution < 1.29 is 13.2 Å². The number of Topliss-reactive ketones (excluding diaryl/α,β-unsaturated/α-hetero) is 1. The van der Waals surface area contributed by atoms with Gasteiger partial charge in [0.2, 0.25) is 0 Å². The highest BCUT2D eigenvalue weighted by Crippen LogP contribution is 2.20. The van der Waals surface area contributed by atoms with Gasteiger partial charge in [-0.3, -0.25) is 9.52 Å². The normalized spacial score (nSPS) is 11.5. The molecule has 1 aromatic heterocycles. The Morgan fingerprint density at radius 1 is 1.05 bits per heavy atom. The summed E-state index contributed by atoms with van der Waals surface area (Å²) in [6.45, 7) is 1.45. The smallest absolute Gasteiger partial charge is 0.261 e. The Hall–Kier alpha value is -2.32. The third-order valence-electron chi connectivity index (χ3n) is 3.08. The highest BCUT2D eigenvalue weighted by molar-refractivity contribution is 7.92. The van der Waals surface area contributed by atoms with E-state index in [9.17, 15) is 13.2 Å². The van der Waals surface area contributed by atoms with E-state index >= 15 is 0 Å². The fourth-order valence-corrected chi connectivity index (χ4v) is 3.51. The molecule has 0 saturated heterocycles. The Kier molecular flexibility index (Phi) is 3.63. The van der Waals surface area contributed by atoms with Gasteiger partial charge in [0.25, 0.3) is 10.0 Å². The number of ketones is 1. The fourth-order valence-electron chi connectivity index (χ4n) is 1.92. The lowest BCUT2D eigenvalue weighted by molar-refractivity contribution is 0.101. The minimum Gasteiger partial charge on any atom is -0.295 e. The van der Waals surface area contributed by atoms with Gasteiger partial charge >= 0.3 is 0 Å². The number of nitrogens with zero attached hydrogens (tertiary/aromatic N) is 2. The van der Waals surface area contributed by atoms with E-state index in [1.807, 2.05) is 0 Å². The largest absolute Gasteiger partial charge is 0.295 e. The molecule has 8 heteroatoms. The molecule has 0 aliphatic heterocycles. The fraction of sp³-hybridized carbons (Fsp3) is 0.0714. The van der Waals surface area contributed by atoms with Crippen LogP contribution < -0.4 is 4.72 Å². The van der Waals surface area contributed by atoms with Crippen LogP contribution >= 0.6 is 11.7 Å². The quantitative estimate of drug-likeness (QED) is 0.742. The van der Waals surface area contributed by atoms with Gasteiger partial charge < -0.3 is 0 Å². The number of rotatable bonds is 4. The first-order chi connectivity index (χ1) is 10.5. The molecule has 112 valence electrons. The molecule has 0 spiro atoms. The molecule has 1 N–H and O–H groups in total. The van der Waals surface area contributed by atoms with Gasteiger partial charge in [-0.2, -0.15) is 8.75 Å². The van der Waals surface area contributed by atoms with Gasteiger partial charge in [0, 0.05) is 11.3 Å². The van der Waals surface area contributed by atoms with E-state index in [1.165, 1.54) is 19.1 Å². The van der Waals surface area contributed by atoms with Crippen LogP contribution in [0, 0.1) is 0 Å². The summed E-state index contributed by atoms with van der Waals surface area (Å²) < 4.78 is 35.3. The molecule has 3 rings (SSSR count). The first-order valence-corrected chi connectivity index (χ1v) is 8.53. The Bertz CT molecular complexity index is 947. The summed E-state index contributed by atoms with van der Waals surface area (Å²) in [4.78, 5) is 11.3. The van der Waals surface area contributed by atoms with Crippen LogP contribution in [0.5, 0.6) is 0 Å². The van der Waals surface area contributed by atoms with E-state index < -0.39 is 10.0 Å². The topological polar surface area (TPSA) is 89.0 Å². The Morgan fingerprint density at radius 3 is 2.41 bits per heavy atom. The lowest BCUT2D eigenvalue weighted by Crippen LogP contribution is -2.13. The number of hydrogen-bond donors (Lipinski definition) is 1. The third-order valence-corrected chi connectivity index (χ3v) is 5.01. The van der Waals surface area contributed by atoms with Crippen molar-refractivity contribution in [2.45, 2.75) is 11.8 Å². The molecule has 0 aliphatic rings. The number of nitrogens with one attached hydrogen (secondary N) is 1. The molecule has 0 unspecified atom stereocenters. The van der Waals surface area contributed by atoms with E-state index in [-0.39, 0.29) is 10.7 Å². The molecular weight excluding hydrogens is 322 g/mol. The predicted octanol–water partition coefficient (Wildman–Crippen LogP) is 2.69. The van der Waals surface area contributed by atoms with Crippen LogP contribution in [0.3, 0.4) is 0 Å². The van der Waals surface area contributed by atoms with Crippen LogP contribution in [0.25, 0.3) is 11.0 Å². The molecule has 0 aliphatic carbocycles. The molecule has 22 heavy (non-hydrogen) atoms. The third kappa shape index (κ3) is 2.83. The minimum absolute atomic E-state index is 0.0732. The Balaban J connectivity index is 1.90. The van der Waals surface area contributed by atoms with Crippen LogP contribution in [0.15, 0.2) is 47.4 Å². The molecule has 0 fully saturated rings. The Labute approximate surface area is 131 Å². The molecule has 0 bridgehead atoms.